The van der Waals surface area contributed by atoms with E-state index in [2.05, 4.69) is 21.0 Å². The maximum atomic E-state index is 12.0. The molecule has 0 saturated carbocycles. The van der Waals surface area contributed by atoms with Gasteiger partial charge in [0.15, 0.2) is 0 Å². The van der Waals surface area contributed by atoms with Crippen LogP contribution in [-0.4, -0.2) is 15.7 Å². The molecule has 0 amide bonds. The van der Waals surface area contributed by atoms with Gasteiger partial charge in [-0.25, -0.2) is 4.79 Å². The monoisotopic (exact) mass is 337 g/mol. The SMILES string of the molecule is CCn1nc(C)cc1COC(=O)c1cc(N)cc(Br)c1. The van der Waals surface area contributed by atoms with Gasteiger partial charge < -0.3 is 10.5 Å². The van der Waals surface area contributed by atoms with Crippen LogP contribution in [0.5, 0.6) is 0 Å². The van der Waals surface area contributed by atoms with Gasteiger partial charge in [-0.2, -0.15) is 5.10 Å². The highest BCUT2D eigenvalue weighted by molar-refractivity contribution is 9.10. The summed E-state index contributed by atoms with van der Waals surface area (Å²) in [4.78, 5) is 12.0. The zero-order valence-electron chi connectivity index (χ0n) is 11.4. The van der Waals surface area contributed by atoms with Crippen molar-refractivity contribution in [3.05, 3.63) is 45.7 Å². The summed E-state index contributed by atoms with van der Waals surface area (Å²) in [5.74, 6) is -0.403. The average molecular weight is 338 g/mol. The standard InChI is InChI=1S/C14H16BrN3O2/c1-3-18-13(4-9(2)17-18)8-20-14(19)10-5-11(15)7-12(16)6-10/h4-7H,3,8,16H2,1-2H3. The molecule has 1 aromatic carbocycles. The summed E-state index contributed by atoms with van der Waals surface area (Å²) < 4.78 is 7.87. The van der Waals surface area contributed by atoms with E-state index >= 15 is 0 Å². The second-order valence-electron chi connectivity index (χ2n) is 4.44. The molecule has 0 atom stereocenters. The second kappa shape index (κ2) is 6.09. The Labute approximate surface area is 125 Å². The predicted octanol–water partition coefficient (Wildman–Crippen LogP) is 2.91. The van der Waals surface area contributed by atoms with Gasteiger partial charge in [0.1, 0.15) is 6.61 Å². The predicted molar refractivity (Wildman–Crippen MR) is 80.3 cm³/mol. The number of nitrogens with two attached hydrogens (primary N) is 1. The van der Waals surface area contributed by atoms with Crippen molar-refractivity contribution in [2.24, 2.45) is 0 Å². The lowest BCUT2D eigenvalue weighted by molar-refractivity contribution is 0.0462. The molecule has 0 fully saturated rings. The third-order valence-corrected chi connectivity index (χ3v) is 3.25. The third kappa shape index (κ3) is 3.39. The first-order valence-electron chi connectivity index (χ1n) is 6.26. The molecule has 6 heteroatoms. The molecule has 2 N–H and O–H groups in total. The van der Waals surface area contributed by atoms with E-state index in [0.717, 1.165) is 22.4 Å². The Balaban J connectivity index is 2.08. The van der Waals surface area contributed by atoms with Gasteiger partial charge in [-0.1, -0.05) is 15.9 Å². The number of carbonyl (C=O) groups excluding carboxylic acids is 1. The molecular weight excluding hydrogens is 322 g/mol. The van der Waals surface area contributed by atoms with E-state index in [1.165, 1.54) is 0 Å². The molecule has 0 bridgehead atoms. The van der Waals surface area contributed by atoms with Crippen LogP contribution in [0.15, 0.2) is 28.7 Å². The fraction of sp³-hybridized carbons (Fsp3) is 0.286. The molecule has 20 heavy (non-hydrogen) atoms. The number of rotatable bonds is 4. The number of benzene rings is 1. The van der Waals surface area contributed by atoms with E-state index in [1.807, 2.05) is 24.6 Å². The van der Waals surface area contributed by atoms with Crippen LogP contribution in [0.25, 0.3) is 0 Å². The van der Waals surface area contributed by atoms with Gasteiger partial charge in [-0.05, 0) is 38.1 Å². The van der Waals surface area contributed by atoms with Crippen LogP contribution in [0.4, 0.5) is 5.69 Å². The number of ether oxygens (including phenoxy) is 1. The van der Waals surface area contributed by atoms with Crippen LogP contribution < -0.4 is 5.73 Å². The fourth-order valence-corrected chi connectivity index (χ4v) is 2.45. The Morgan fingerprint density at radius 3 is 2.80 bits per heavy atom. The number of halogens is 1. The van der Waals surface area contributed by atoms with E-state index in [1.54, 1.807) is 18.2 Å². The van der Waals surface area contributed by atoms with Gasteiger partial charge in [0.2, 0.25) is 0 Å². The average Bonchev–Trinajstić information content (AvgIpc) is 2.75. The van der Waals surface area contributed by atoms with Crippen LogP contribution in [0.3, 0.4) is 0 Å². The van der Waals surface area contributed by atoms with E-state index in [0.29, 0.717) is 11.3 Å². The summed E-state index contributed by atoms with van der Waals surface area (Å²) in [7, 11) is 0. The molecule has 0 spiro atoms. The Kier molecular flexibility index (Phi) is 4.44. The normalized spacial score (nSPS) is 10.6. The molecule has 0 radical (unpaired) electrons. The molecule has 0 unspecified atom stereocenters. The number of aromatic nitrogens is 2. The number of hydrogen-bond donors (Lipinski definition) is 1. The first-order valence-corrected chi connectivity index (χ1v) is 7.05. The van der Waals surface area contributed by atoms with E-state index in [-0.39, 0.29) is 6.61 Å². The van der Waals surface area contributed by atoms with Crippen LogP contribution >= 0.6 is 15.9 Å². The first kappa shape index (κ1) is 14.6. The number of carbonyl (C=O) groups is 1. The van der Waals surface area contributed by atoms with Crippen molar-refractivity contribution in [2.45, 2.75) is 27.0 Å². The van der Waals surface area contributed by atoms with Crippen LogP contribution in [-0.2, 0) is 17.9 Å². The number of anilines is 1. The number of aryl methyl sites for hydroxylation is 2. The molecule has 0 saturated heterocycles. The highest BCUT2D eigenvalue weighted by atomic mass is 79.9. The van der Waals surface area contributed by atoms with Crippen molar-refractivity contribution >= 4 is 27.6 Å². The Morgan fingerprint density at radius 2 is 2.15 bits per heavy atom. The van der Waals surface area contributed by atoms with E-state index in [4.69, 9.17) is 10.5 Å². The van der Waals surface area contributed by atoms with Gasteiger partial charge in [-0.3, -0.25) is 4.68 Å². The smallest absolute Gasteiger partial charge is 0.338 e. The molecule has 0 aliphatic heterocycles. The molecule has 1 heterocycles. The molecule has 106 valence electrons. The van der Waals surface area contributed by atoms with E-state index < -0.39 is 5.97 Å². The van der Waals surface area contributed by atoms with Gasteiger partial charge in [0, 0.05) is 16.7 Å². The summed E-state index contributed by atoms with van der Waals surface area (Å²) in [5.41, 5.74) is 8.43. The van der Waals surface area contributed by atoms with E-state index in [9.17, 15) is 4.79 Å². The second-order valence-corrected chi connectivity index (χ2v) is 5.36. The minimum absolute atomic E-state index is 0.194. The number of hydrogen-bond acceptors (Lipinski definition) is 4. The fourth-order valence-electron chi connectivity index (χ4n) is 1.94. The van der Waals surface area contributed by atoms with Crippen molar-refractivity contribution in [1.82, 2.24) is 9.78 Å². The minimum atomic E-state index is -0.403. The minimum Gasteiger partial charge on any atom is -0.456 e. The molecule has 0 aliphatic rings. The largest absolute Gasteiger partial charge is 0.456 e. The Morgan fingerprint density at radius 1 is 1.40 bits per heavy atom. The molecule has 1 aromatic heterocycles. The quantitative estimate of drug-likeness (QED) is 0.687. The molecule has 5 nitrogen and oxygen atoms in total. The maximum absolute atomic E-state index is 12.0. The van der Waals surface area contributed by atoms with Crippen LogP contribution in [0, 0.1) is 6.92 Å². The molecule has 2 rings (SSSR count). The van der Waals surface area contributed by atoms with Crippen molar-refractivity contribution < 1.29 is 9.53 Å². The van der Waals surface area contributed by atoms with Gasteiger partial charge in [0.05, 0.1) is 17.0 Å². The topological polar surface area (TPSA) is 70.1 Å². The number of nitrogen functional groups attached to an aromatic ring is 1. The maximum Gasteiger partial charge on any atom is 0.338 e. The molecule has 0 aliphatic carbocycles. The lowest BCUT2D eigenvalue weighted by Gasteiger charge is -2.07. The number of nitrogens with zero attached hydrogens (tertiary/aromatic N) is 2. The van der Waals surface area contributed by atoms with Crippen molar-refractivity contribution in [3.8, 4) is 0 Å². The van der Waals surface area contributed by atoms with Crippen molar-refractivity contribution in [3.63, 3.8) is 0 Å². The third-order valence-electron chi connectivity index (χ3n) is 2.79. The zero-order valence-corrected chi connectivity index (χ0v) is 13.0. The molecular formula is C14H16BrN3O2. The summed E-state index contributed by atoms with van der Waals surface area (Å²) in [6.45, 7) is 4.84. The van der Waals surface area contributed by atoms with Gasteiger partial charge in [-0.15, -0.1) is 0 Å². The zero-order chi connectivity index (χ0) is 14.7. The van der Waals surface area contributed by atoms with Crippen LogP contribution in [0.1, 0.15) is 28.7 Å². The van der Waals surface area contributed by atoms with Gasteiger partial charge >= 0.3 is 5.97 Å². The van der Waals surface area contributed by atoms with Crippen molar-refractivity contribution in [2.75, 3.05) is 5.73 Å². The van der Waals surface area contributed by atoms with Crippen molar-refractivity contribution in [1.29, 1.82) is 0 Å². The van der Waals surface area contributed by atoms with Gasteiger partial charge in [0.25, 0.3) is 0 Å². The summed E-state index contributed by atoms with van der Waals surface area (Å²) in [6.07, 6.45) is 0. The number of esters is 1. The Bertz CT molecular complexity index is 617. The Hall–Kier alpha value is -1.82. The summed E-state index contributed by atoms with van der Waals surface area (Å²) in [5, 5.41) is 4.31. The summed E-state index contributed by atoms with van der Waals surface area (Å²) in [6, 6.07) is 6.91. The highest BCUT2D eigenvalue weighted by Crippen LogP contribution is 2.18. The first-order chi connectivity index (χ1) is 9.49. The molecule has 2 aromatic rings. The van der Waals surface area contributed by atoms with Crippen LogP contribution in [0.2, 0.25) is 0 Å². The lowest BCUT2D eigenvalue weighted by Crippen LogP contribution is -2.09. The summed E-state index contributed by atoms with van der Waals surface area (Å²) >= 11 is 3.30. The lowest BCUT2D eigenvalue weighted by atomic mass is 10.2. The highest BCUT2D eigenvalue weighted by Gasteiger charge is 2.11.